The Kier molecular flexibility index (Phi) is 6.12. The lowest BCUT2D eigenvalue weighted by molar-refractivity contribution is -0.140. The van der Waals surface area contributed by atoms with E-state index in [2.05, 4.69) is 15.6 Å². The number of hydrogen-bond donors (Lipinski definition) is 2. The SMILES string of the molecule is O=C(NCc1ccn2ccnc2c1)Nc1ccc(O[C@@H]2CCN(C(=O)[C@@H]3CCCO3)C2)cc1. The summed E-state index contributed by atoms with van der Waals surface area (Å²) in [5, 5.41) is 5.68. The number of likely N-dealkylation sites (tertiary alicyclic amines) is 1. The predicted octanol–water partition coefficient (Wildman–Crippen LogP) is 2.81. The largest absolute Gasteiger partial charge is 0.489 e. The zero-order chi connectivity index (χ0) is 22.6. The van der Waals surface area contributed by atoms with Crippen molar-refractivity contribution in [3.63, 3.8) is 0 Å². The number of urea groups is 1. The van der Waals surface area contributed by atoms with Gasteiger partial charge in [-0.05, 0) is 54.8 Å². The Bertz CT molecular complexity index is 1120. The molecule has 2 N–H and O–H groups in total. The van der Waals surface area contributed by atoms with Crippen molar-refractivity contribution in [3.8, 4) is 5.75 Å². The highest BCUT2D eigenvalue weighted by Crippen LogP contribution is 2.23. The summed E-state index contributed by atoms with van der Waals surface area (Å²) in [6.45, 7) is 2.34. The van der Waals surface area contributed by atoms with Crippen molar-refractivity contribution < 1.29 is 19.1 Å². The second kappa shape index (κ2) is 9.50. The van der Waals surface area contributed by atoms with Crippen molar-refractivity contribution >= 4 is 23.3 Å². The molecule has 0 saturated carbocycles. The van der Waals surface area contributed by atoms with Crippen molar-refractivity contribution in [1.82, 2.24) is 19.6 Å². The van der Waals surface area contributed by atoms with Crippen LogP contribution in [0.4, 0.5) is 10.5 Å². The summed E-state index contributed by atoms with van der Waals surface area (Å²) in [7, 11) is 0. The van der Waals surface area contributed by atoms with Crippen LogP contribution >= 0.6 is 0 Å². The highest BCUT2D eigenvalue weighted by molar-refractivity contribution is 5.89. The van der Waals surface area contributed by atoms with E-state index < -0.39 is 0 Å². The molecule has 3 amide bonds. The van der Waals surface area contributed by atoms with Crippen LogP contribution in [0.3, 0.4) is 0 Å². The minimum atomic E-state index is -0.286. The number of carbonyl (C=O) groups is 2. The number of ether oxygens (including phenoxy) is 2. The minimum Gasteiger partial charge on any atom is -0.489 e. The molecule has 5 rings (SSSR count). The van der Waals surface area contributed by atoms with Gasteiger partial charge in [-0.3, -0.25) is 4.79 Å². The molecule has 2 atom stereocenters. The van der Waals surface area contributed by atoms with Crippen LogP contribution in [0.25, 0.3) is 5.65 Å². The van der Waals surface area contributed by atoms with E-state index in [1.807, 2.05) is 46.0 Å². The average Bonchev–Trinajstić information content (AvgIpc) is 3.60. The quantitative estimate of drug-likeness (QED) is 0.603. The van der Waals surface area contributed by atoms with Crippen LogP contribution in [0.2, 0.25) is 0 Å². The van der Waals surface area contributed by atoms with Crippen LogP contribution in [0.5, 0.6) is 5.75 Å². The fourth-order valence-electron chi connectivity index (χ4n) is 4.23. The summed E-state index contributed by atoms with van der Waals surface area (Å²) < 4.78 is 13.5. The molecule has 0 radical (unpaired) electrons. The summed E-state index contributed by atoms with van der Waals surface area (Å²) in [5.41, 5.74) is 2.48. The van der Waals surface area contributed by atoms with Crippen LogP contribution in [0.15, 0.2) is 55.0 Å². The molecule has 9 heteroatoms. The van der Waals surface area contributed by atoms with E-state index in [4.69, 9.17) is 9.47 Å². The number of amides is 3. The Morgan fingerprint density at radius 1 is 1.15 bits per heavy atom. The molecule has 2 aliphatic heterocycles. The van der Waals surface area contributed by atoms with Gasteiger partial charge in [0.05, 0.1) is 6.54 Å². The lowest BCUT2D eigenvalue weighted by Gasteiger charge is -2.20. The van der Waals surface area contributed by atoms with Gasteiger partial charge in [-0.15, -0.1) is 0 Å². The van der Waals surface area contributed by atoms with Gasteiger partial charge in [0.15, 0.2) is 0 Å². The topological polar surface area (TPSA) is 97.2 Å². The number of fused-ring (bicyclic) bond motifs is 1. The third kappa shape index (κ3) is 5.09. The molecule has 9 nitrogen and oxygen atoms in total. The lowest BCUT2D eigenvalue weighted by atomic mass is 10.2. The smallest absolute Gasteiger partial charge is 0.319 e. The molecule has 2 fully saturated rings. The van der Waals surface area contributed by atoms with Crippen LogP contribution in [0, 0.1) is 0 Å². The van der Waals surface area contributed by atoms with Crippen LogP contribution < -0.4 is 15.4 Å². The maximum atomic E-state index is 12.5. The van der Waals surface area contributed by atoms with E-state index >= 15 is 0 Å². The van der Waals surface area contributed by atoms with Gasteiger partial charge in [-0.1, -0.05) is 0 Å². The number of aromatic nitrogens is 2. The van der Waals surface area contributed by atoms with Gasteiger partial charge < -0.3 is 29.4 Å². The maximum Gasteiger partial charge on any atom is 0.319 e. The fourth-order valence-corrected chi connectivity index (χ4v) is 4.23. The van der Waals surface area contributed by atoms with Gasteiger partial charge in [-0.2, -0.15) is 0 Å². The first-order valence-electron chi connectivity index (χ1n) is 11.3. The highest BCUT2D eigenvalue weighted by atomic mass is 16.5. The number of carbonyl (C=O) groups excluding carboxylic acids is 2. The first-order valence-corrected chi connectivity index (χ1v) is 11.3. The molecule has 172 valence electrons. The minimum absolute atomic E-state index is 0.0371. The molecular weight excluding hydrogens is 422 g/mol. The van der Waals surface area contributed by atoms with Gasteiger partial charge in [0, 0.05) is 50.4 Å². The second-order valence-electron chi connectivity index (χ2n) is 8.37. The number of rotatable bonds is 6. The molecule has 33 heavy (non-hydrogen) atoms. The molecule has 0 aliphatic carbocycles. The lowest BCUT2D eigenvalue weighted by Crippen LogP contribution is -2.38. The van der Waals surface area contributed by atoms with Gasteiger partial charge in [0.1, 0.15) is 23.6 Å². The van der Waals surface area contributed by atoms with Crippen LogP contribution in [-0.4, -0.2) is 58.1 Å². The van der Waals surface area contributed by atoms with E-state index in [1.165, 1.54) is 0 Å². The molecule has 0 bridgehead atoms. The standard InChI is InChI=1S/C24H27N5O4/c30-23(21-2-1-13-32-21)29-11-8-20(16-29)33-19-5-3-18(4-6-19)27-24(31)26-15-17-7-10-28-12-9-25-22(28)14-17/h3-7,9-10,12,14,20-21H,1-2,8,11,13,15-16H2,(H2,26,27,31)/t20-,21+/m1/s1. The molecule has 3 aromatic rings. The monoisotopic (exact) mass is 449 g/mol. The molecule has 0 spiro atoms. The Morgan fingerprint density at radius 3 is 2.85 bits per heavy atom. The van der Waals surface area contributed by atoms with Crippen molar-refractivity contribution in [2.75, 3.05) is 25.0 Å². The summed E-state index contributed by atoms with van der Waals surface area (Å²) in [6, 6.07) is 10.8. The Balaban J connectivity index is 1.08. The van der Waals surface area contributed by atoms with Crippen molar-refractivity contribution in [1.29, 1.82) is 0 Å². The van der Waals surface area contributed by atoms with E-state index in [-0.39, 0.29) is 24.1 Å². The van der Waals surface area contributed by atoms with Crippen molar-refractivity contribution in [2.24, 2.45) is 0 Å². The number of hydrogen-bond acceptors (Lipinski definition) is 5. The summed E-state index contributed by atoms with van der Waals surface area (Å²) in [6.07, 6.45) is 7.76. The van der Waals surface area contributed by atoms with Crippen molar-refractivity contribution in [3.05, 3.63) is 60.6 Å². The highest BCUT2D eigenvalue weighted by Gasteiger charge is 2.33. The summed E-state index contributed by atoms with van der Waals surface area (Å²) in [4.78, 5) is 30.8. The number of benzene rings is 1. The Hall–Kier alpha value is -3.59. The van der Waals surface area contributed by atoms with E-state index in [0.717, 1.165) is 30.5 Å². The normalized spacial score (nSPS) is 20.2. The van der Waals surface area contributed by atoms with Gasteiger partial charge in [-0.25, -0.2) is 9.78 Å². The van der Waals surface area contributed by atoms with E-state index in [0.29, 0.717) is 37.7 Å². The predicted molar refractivity (Wildman–Crippen MR) is 122 cm³/mol. The summed E-state index contributed by atoms with van der Waals surface area (Å²) in [5.74, 6) is 0.791. The zero-order valence-corrected chi connectivity index (χ0v) is 18.3. The van der Waals surface area contributed by atoms with Gasteiger partial charge >= 0.3 is 6.03 Å². The third-order valence-corrected chi connectivity index (χ3v) is 5.99. The molecule has 1 aromatic carbocycles. The average molecular weight is 450 g/mol. The van der Waals surface area contributed by atoms with Gasteiger partial charge in [0.25, 0.3) is 5.91 Å². The Labute approximate surface area is 191 Å². The molecule has 0 unspecified atom stereocenters. The number of nitrogens with zero attached hydrogens (tertiary/aromatic N) is 3. The number of imidazole rings is 1. The molecule has 2 aromatic heterocycles. The number of anilines is 1. The zero-order valence-electron chi connectivity index (χ0n) is 18.3. The Morgan fingerprint density at radius 2 is 2.03 bits per heavy atom. The first kappa shape index (κ1) is 21.3. The number of pyridine rings is 1. The molecule has 2 saturated heterocycles. The second-order valence-corrected chi connectivity index (χ2v) is 8.37. The first-order chi connectivity index (χ1) is 16.1. The summed E-state index contributed by atoms with van der Waals surface area (Å²) >= 11 is 0. The van der Waals surface area contributed by atoms with Crippen LogP contribution in [0.1, 0.15) is 24.8 Å². The molecule has 4 heterocycles. The van der Waals surface area contributed by atoms with E-state index in [9.17, 15) is 9.59 Å². The number of nitrogens with one attached hydrogen (secondary N) is 2. The third-order valence-electron chi connectivity index (χ3n) is 5.99. The van der Waals surface area contributed by atoms with Crippen LogP contribution in [-0.2, 0) is 16.1 Å². The maximum absolute atomic E-state index is 12.5. The van der Waals surface area contributed by atoms with Crippen molar-refractivity contribution in [2.45, 2.75) is 38.0 Å². The van der Waals surface area contributed by atoms with E-state index in [1.54, 1.807) is 18.3 Å². The molecule has 2 aliphatic rings. The van der Waals surface area contributed by atoms with Gasteiger partial charge in [0.2, 0.25) is 0 Å². The fraction of sp³-hybridized carbons (Fsp3) is 0.375. The molecular formula is C24H27N5O4.